The molecule has 1 aliphatic carbocycles. The summed E-state index contributed by atoms with van der Waals surface area (Å²) in [5, 5.41) is 3.85. The predicted molar refractivity (Wildman–Crippen MR) is 75.0 cm³/mol. The highest BCUT2D eigenvalue weighted by atomic mass is 35.5. The topological polar surface area (TPSA) is 24.9 Å². The average Bonchev–Trinajstić information content (AvgIpc) is 3.23. The Kier molecular flexibility index (Phi) is 3.20. The Balaban J connectivity index is 1.69. The standard InChI is InChI=1S/C15H15ClN2/c16-15-14(5-2-8-17-15)18-10-11-3-1-4-13(9-11)12-6-7-12/h1-5,8-9,12,18H,6-7,10H2. The van der Waals surface area contributed by atoms with Crippen LogP contribution in [-0.4, -0.2) is 4.98 Å². The molecule has 3 heteroatoms. The van der Waals surface area contributed by atoms with Gasteiger partial charge < -0.3 is 5.32 Å². The highest BCUT2D eigenvalue weighted by Crippen LogP contribution is 2.40. The second-order valence-corrected chi connectivity index (χ2v) is 5.07. The van der Waals surface area contributed by atoms with Crippen molar-refractivity contribution in [1.82, 2.24) is 4.98 Å². The Morgan fingerprint density at radius 3 is 2.89 bits per heavy atom. The third kappa shape index (κ3) is 2.65. The van der Waals surface area contributed by atoms with Crippen molar-refractivity contribution in [1.29, 1.82) is 0 Å². The van der Waals surface area contributed by atoms with Crippen LogP contribution >= 0.6 is 11.6 Å². The van der Waals surface area contributed by atoms with Crippen LogP contribution in [0.1, 0.15) is 29.9 Å². The van der Waals surface area contributed by atoms with Crippen molar-refractivity contribution < 1.29 is 0 Å². The number of hydrogen-bond donors (Lipinski definition) is 1. The normalized spacial score (nSPS) is 14.5. The maximum absolute atomic E-state index is 6.01. The zero-order valence-electron chi connectivity index (χ0n) is 10.1. The summed E-state index contributed by atoms with van der Waals surface area (Å²) in [5.74, 6) is 0.798. The van der Waals surface area contributed by atoms with Gasteiger partial charge in [0.2, 0.25) is 0 Å². The van der Waals surface area contributed by atoms with Crippen LogP contribution < -0.4 is 5.32 Å². The summed E-state index contributed by atoms with van der Waals surface area (Å²) >= 11 is 6.01. The van der Waals surface area contributed by atoms with E-state index in [2.05, 4.69) is 34.6 Å². The Morgan fingerprint density at radius 1 is 1.22 bits per heavy atom. The zero-order valence-corrected chi connectivity index (χ0v) is 10.8. The van der Waals surface area contributed by atoms with E-state index < -0.39 is 0 Å². The summed E-state index contributed by atoms with van der Waals surface area (Å²) in [4.78, 5) is 4.05. The molecule has 1 fully saturated rings. The van der Waals surface area contributed by atoms with Gasteiger partial charge in [0.1, 0.15) is 0 Å². The van der Waals surface area contributed by atoms with E-state index in [0.29, 0.717) is 5.15 Å². The summed E-state index contributed by atoms with van der Waals surface area (Å²) in [6.45, 7) is 0.784. The largest absolute Gasteiger partial charge is 0.378 e. The molecule has 0 aliphatic heterocycles. The first-order valence-corrected chi connectivity index (χ1v) is 6.64. The van der Waals surface area contributed by atoms with Gasteiger partial charge in [-0.25, -0.2) is 4.98 Å². The van der Waals surface area contributed by atoms with Gasteiger partial charge in [0.05, 0.1) is 5.69 Å². The van der Waals surface area contributed by atoms with E-state index in [1.54, 1.807) is 6.20 Å². The van der Waals surface area contributed by atoms with Crippen LogP contribution in [0.15, 0.2) is 42.6 Å². The summed E-state index contributed by atoms with van der Waals surface area (Å²) in [6.07, 6.45) is 4.37. The highest BCUT2D eigenvalue weighted by molar-refractivity contribution is 6.31. The van der Waals surface area contributed by atoms with Crippen LogP contribution in [0.25, 0.3) is 0 Å². The zero-order chi connectivity index (χ0) is 12.4. The minimum atomic E-state index is 0.524. The van der Waals surface area contributed by atoms with Gasteiger partial charge in [-0.1, -0.05) is 35.9 Å². The lowest BCUT2D eigenvalue weighted by Gasteiger charge is -2.08. The van der Waals surface area contributed by atoms with Crippen LogP contribution in [-0.2, 0) is 6.54 Å². The Bertz CT molecular complexity index is 550. The molecule has 92 valence electrons. The SMILES string of the molecule is Clc1ncccc1NCc1cccc(C2CC2)c1. The lowest BCUT2D eigenvalue weighted by atomic mass is 10.1. The van der Waals surface area contributed by atoms with Crippen molar-refractivity contribution in [3.8, 4) is 0 Å². The molecule has 0 amide bonds. The summed E-state index contributed by atoms with van der Waals surface area (Å²) in [7, 11) is 0. The quantitative estimate of drug-likeness (QED) is 0.831. The van der Waals surface area contributed by atoms with E-state index in [0.717, 1.165) is 18.2 Å². The minimum absolute atomic E-state index is 0.524. The van der Waals surface area contributed by atoms with Crippen molar-refractivity contribution >= 4 is 17.3 Å². The van der Waals surface area contributed by atoms with Gasteiger partial charge in [0, 0.05) is 12.7 Å². The summed E-state index contributed by atoms with van der Waals surface area (Å²) in [6, 6.07) is 12.6. The highest BCUT2D eigenvalue weighted by Gasteiger charge is 2.23. The van der Waals surface area contributed by atoms with Crippen LogP contribution in [0, 0.1) is 0 Å². The minimum Gasteiger partial charge on any atom is -0.378 e. The number of anilines is 1. The Labute approximate surface area is 112 Å². The predicted octanol–water partition coefficient (Wildman–Crippen LogP) is 4.22. The number of nitrogens with zero attached hydrogens (tertiary/aromatic N) is 1. The lowest BCUT2D eigenvalue weighted by Crippen LogP contribution is -2.00. The third-order valence-electron chi connectivity index (χ3n) is 3.24. The fourth-order valence-electron chi connectivity index (χ4n) is 2.09. The van der Waals surface area contributed by atoms with Gasteiger partial charge in [0.25, 0.3) is 0 Å². The van der Waals surface area contributed by atoms with Gasteiger partial charge in [-0.05, 0) is 42.0 Å². The maximum atomic E-state index is 6.01. The molecule has 1 saturated carbocycles. The molecule has 1 aromatic carbocycles. The van der Waals surface area contributed by atoms with Gasteiger partial charge in [0.15, 0.2) is 5.15 Å². The fourth-order valence-corrected chi connectivity index (χ4v) is 2.28. The van der Waals surface area contributed by atoms with E-state index in [1.165, 1.54) is 24.0 Å². The van der Waals surface area contributed by atoms with Crippen LogP contribution in [0.4, 0.5) is 5.69 Å². The Hall–Kier alpha value is -1.54. The molecular formula is C15H15ClN2. The van der Waals surface area contributed by atoms with Crippen molar-refractivity contribution in [3.05, 3.63) is 58.9 Å². The first kappa shape index (κ1) is 11.5. The van der Waals surface area contributed by atoms with Gasteiger partial charge in [-0.15, -0.1) is 0 Å². The van der Waals surface area contributed by atoms with E-state index >= 15 is 0 Å². The fraction of sp³-hybridized carbons (Fsp3) is 0.267. The molecule has 0 unspecified atom stereocenters. The van der Waals surface area contributed by atoms with Crippen molar-refractivity contribution in [2.75, 3.05) is 5.32 Å². The molecule has 1 N–H and O–H groups in total. The summed E-state index contributed by atoms with van der Waals surface area (Å²) in [5.41, 5.74) is 3.64. The first-order valence-electron chi connectivity index (χ1n) is 6.26. The van der Waals surface area contributed by atoms with Crippen LogP contribution in [0.2, 0.25) is 5.15 Å². The number of aromatic nitrogens is 1. The molecule has 0 radical (unpaired) electrons. The molecule has 1 aromatic heterocycles. The molecule has 2 nitrogen and oxygen atoms in total. The number of benzene rings is 1. The Morgan fingerprint density at radius 2 is 2.11 bits per heavy atom. The van der Waals surface area contributed by atoms with E-state index in [1.807, 2.05) is 12.1 Å². The number of nitrogens with one attached hydrogen (secondary N) is 1. The van der Waals surface area contributed by atoms with Gasteiger partial charge >= 0.3 is 0 Å². The smallest absolute Gasteiger partial charge is 0.152 e. The summed E-state index contributed by atoms with van der Waals surface area (Å²) < 4.78 is 0. The van der Waals surface area contributed by atoms with Crippen molar-refractivity contribution in [2.45, 2.75) is 25.3 Å². The molecular weight excluding hydrogens is 244 g/mol. The molecule has 2 aromatic rings. The van der Waals surface area contributed by atoms with Crippen LogP contribution in [0.5, 0.6) is 0 Å². The number of halogens is 1. The molecule has 0 bridgehead atoms. The maximum Gasteiger partial charge on any atom is 0.152 e. The molecule has 1 heterocycles. The molecule has 0 saturated heterocycles. The molecule has 3 rings (SSSR count). The molecule has 18 heavy (non-hydrogen) atoms. The van der Waals surface area contributed by atoms with E-state index in [4.69, 9.17) is 11.6 Å². The molecule has 1 aliphatic rings. The van der Waals surface area contributed by atoms with Crippen molar-refractivity contribution in [2.24, 2.45) is 0 Å². The van der Waals surface area contributed by atoms with Gasteiger partial charge in [-0.2, -0.15) is 0 Å². The molecule has 0 spiro atoms. The van der Waals surface area contributed by atoms with E-state index in [9.17, 15) is 0 Å². The number of hydrogen-bond acceptors (Lipinski definition) is 2. The number of pyridine rings is 1. The monoisotopic (exact) mass is 258 g/mol. The second-order valence-electron chi connectivity index (χ2n) is 4.71. The van der Waals surface area contributed by atoms with E-state index in [-0.39, 0.29) is 0 Å². The van der Waals surface area contributed by atoms with Crippen LogP contribution in [0.3, 0.4) is 0 Å². The number of rotatable bonds is 4. The average molecular weight is 259 g/mol. The third-order valence-corrected chi connectivity index (χ3v) is 3.54. The van der Waals surface area contributed by atoms with Gasteiger partial charge in [-0.3, -0.25) is 0 Å². The first-order chi connectivity index (χ1) is 8.83. The lowest BCUT2D eigenvalue weighted by molar-refractivity contribution is 1.08. The van der Waals surface area contributed by atoms with Crippen molar-refractivity contribution in [3.63, 3.8) is 0 Å². The second kappa shape index (κ2) is 4.99. The molecule has 0 atom stereocenters.